The Labute approximate surface area is 202 Å². The number of nitrogens with two attached hydrogens (primary N) is 1. The SMILES string of the molecule is Nc1ccc(-c2cccs2)cc1NC(=O)c1ccc(-c2cn(-c3ccc(Br)cc3)nn2)cc1. The molecule has 0 saturated heterocycles. The molecule has 5 aromatic rings. The average Bonchev–Trinajstić information content (AvgIpc) is 3.54. The first-order chi connectivity index (χ1) is 16.1. The molecule has 6 nitrogen and oxygen atoms in total. The molecule has 1 amide bonds. The first kappa shape index (κ1) is 21.1. The highest BCUT2D eigenvalue weighted by atomic mass is 79.9. The number of thiophene rings is 1. The number of carbonyl (C=O) groups excluding carboxylic acids is 1. The average molecular weight is 516 g/mol. The van der Waals surface area contributed by atoms with Gasteiger partial charge in [0.25, 0.3) is 5.91 Å². The van der Waals surface area contributed by atoms with Crippen LogP contribution in [0.1, 0.15) is 10.4 Å². The van der Waals surface area contributed by atoms with E-state index in [1.54, 1.807) is 28.2 Å². The topological polar surface area (TPSA) is 85.8 Å². The van der Waals surface area contributed by atoms with Gasteiger partial charge in [-0.05, 0) is 65.5 Å². The van der Waals surface area contributed by atoms with Gasteiger partial charge >= 0.3 is 0 Å². The van der Waals surface area contributed by atoms with Crippen molar-refractivity contribution in [2.75, 3.05) is 11.1 Å². The number of hydrogen-bond acceptors (Lipinski definition) is 5. The monoisotopic (exact) mass is 515 g/mol. The zero-order valence-electron chi connectivity index (χ0n) is 17.3. The molecule has 162 valence electrons. The van der Waals surface area contributed by atoms with Gasteiger partial charge in [0.1, 0.15) is 5.69 Å². The number of benzene rings is 3. The molecule has 0 atom stereocenters. The molecular weight excluding hydrogens is 498 g/mol. The van der Waals surface area contributed by atoms with Crippen LogP contribution in [0.15, 0.2) is 94.9 Å². The van der Waals surface area contributed by atoms with Crippen molar-refractivity contribution in [3.8, 4) is 27.4 Å². The van der Waals surface area contributed by atoms with Crippen molar-refractivity contribution in [2.24, 2.45) is 0 Å². The maximum absolute atomic E-state index is 12.8. The molecule has 0 unspecified atom stereocenters. The smallest absolute Gasteiger partial charge is 0.255 e. The molecule has 5 rings (SSSR count). The lowest BCUT2D eigenvalue weighted by Gasteiger charge is -2.10. The van der Waals surface area contributed by atoms with Gasteiger partial charge in [0.15, 0.2) is 0 Å². The second-order valence-electron chi connectivity index (χ2n) is 7.34. The summed E-state index contributed by atoms with van der Waals surface area (Å²) in [5.41, 5.74) is 11.2. The normalized spacial score (nSPS) is 10.8. The van der Waals surface area contributed by atoms with Gasteiger partial charge < -0.3 is 11.1 Å². The van der Waals surface area contributed by atoms with Crippen LogP contribution in [0.25, 0.3) is 27.4 Å². The van der Waals surface area contributed by atoms with Crippen LogP contribution >= 0.6 is 27.3 Å². The summed E-state index contributed by atoms with van der Waals surface area (Å²) in [5, 5.41) is 13.4. The number of nitrogens with one attached hydrogen (secondary N) is 1. The van der Waals surface area contributed by atoms with Crippen molar-refractivity contribution < 1.29 is 4.79 Å². The quantitative estimate of drug-likeness (QED) is 0.270. The van der Waals surface area contributed by atoms with Crippen LogP contribution in [-0.2, 0) is 0 Å². The molecule has 0 radical (unpaired) electrons. The van der Waals surface area contributed by atoms with Crippen molar-refractivity contribution in [3.63, 3.8) is 0 Å². The summed E-state index contributed by atoms with van der Waals surface area (Å²) in [6.07, 6.45) is 1.86. The predicted octanol–water partition coefficient (Wildman–Crippen LogP) is 6.26. The first-order valence-electron chi connectivity index (χ1n) is 10.1. The lowest BCUT2D eigenvalue weighted by atomic mass is 10.1. The maximum Gasteiger partial charge on any atom is 0.255 e. The third-order valence-electron chi connectivity index (χ3n) is 5.13. The van der Waals surface area contributed by atoms with Crippen LogP contribution < -0.4 is 11.1 Å². The molecule has 2 heterocycles. The highest BCUT2D eigenvalue weighted by Crippen LogP contribution is 2.30. The summed E-state index contributed by atoms with van der Waals surface area (Å²) in [5.74, 6) is -0.227. The Morgan fingerprint density at radius 2 is 1.73 bits per heavy atom. The molecule has 0 aliphatic rings. The predicted molar refractivity (Wildman–Crippen MR) is 137 cm³/mol. The van der Waals surface area contributed by atoms with E-state index < -0.39 is 0 Å². The van der Waals surface area contributed by atoms with Crippen LogP contribution in [0.2, 0.25) is 0 Å². The fraction of sp³-hybridized carbons (Fsp3) is 0. The van der Waals surface area contributed by atoms with Crippen LogP contribution in [0, 0.1) is 0 Å². The molecule has 0 spiro atoms. The summed E-state index contributed by atoms with van der Waals surface area (Å²) in [4.78, 5) is 13.9. The summed E-state index contributed by atoms with van der Waals surface area (Å²) < 4.78 is 2.71. The maximum atomic E-state index is 12.8. The number of amides is 1. The fourth-order valence-electron chi connectivity index (χ4n) is 3.36. The summed E-state index contributed by atoms with van der Waals surface area (Å²) >= 11 is 5.07. The number of carbonyl (C=O) groups is 1. The third-order valence-corrected chi connectivity index (χ3v) is 6.58. The minimum absolute atomic E-state index is 0.227. The van der Waals surface area contributed by atoms with Gasteiger partial charge in [-0.2, -0.15) is 0 Å². The number of aromatic nitrogens is 3. The second kappa shape index (κ2) is 9.01. The molecule has 33 heavy (non-hydrogen) atoms. The lowest BCUT2D eigenvalue weighted by molar-refractivity contribution is 0.102. The zero-order chi connectivity index (χ0) is 22.8. The zero-order valence-corrected chi connectivity index (χ0v) is 19.7. The van der Waals surface area contributed by atoms with Gasteiger partial charge in [0, 0.05) is 20.5 Å². The highest BCUT2D eigenvalue weighted by molar-refractivity contribution is 9.10. The molecule has 3 aromatic carbocycles. The number of hydrogen-bond donors (Lipinski definition) is 2. The van der Waals surface area contributed by atoms with E-state index in [-0.39, 0.29) is 5.91 Å². The molecule has 0 aliphatic heterocycles. The molecular formula is C25H18BrN5OS. The molecule has 8 heteroatoms. The number of anilines is 2. The minimum atomic E-state index is -0.227. The second-order valence-corrected chi connectivity index (χ2v) is 9.20. The molecule has 0 saturated carbocycles. The number of halogens is 1. The van der Waals surface area contributed by atoms with Crippen LogP contribution in [0.3, 0.4) is 0 Å². The summed E-state index contributed by atoms with van der Waals surface area (Å²) in [6.45, 7) is 0. The Morgan fingerprint density at radius 1 is 0.970 bits per heavy atom. The van der Waals surface area contributed by atoms with E-state index in [2.05, 4.69) is 31.6 Å². The summed E-state index contributed by atoms with van der Waals surface area (Å²) in [7, 11) is 0. The van der Waals surface area contributed by atoms with E-state index in [1.807, 2.05) is 78.3 Å². The van der Waals surface area contributed by atoms with Crippen LogP contribution in [0.4, 0.5) is 11.4 Å². The molecule has 0 fully saturated rings. The standard InChI is InChI=1S/C25H18BrN5OS/c26-19-8-10-20(11-9-19)31-15-23(29-30-31)16-3-5-17(6-4-16)25(32)28-22-14-18(7-12-21(22)27)24-2-1-13-33-24/h1-15H,27H2,(H,28,32). The first-order valence-corrected chi connectivity index (χ1v) is 11.8. The third kappa shape index (κ3) is 4.57. The van der Waals surface area contributed by atoms with Crippen LogP contribution in [-0.4, -0.2) is 20.9 Å². The van der Waals surface area contributed by atoms with Gasteiger partial charge in [-0.25, -0.2) is 4.68 Å². The van der Waals surface area contributed by atoms with Crippen molar-refractivity contribution >= 4 is 44.5 Å². The molecule has 0 bridgehead atoms. The van der Waals surface area contributed by atoms with E-state index in [4.69, 9.17) is 5.73 Å². The largest absolute Gasteiger partial charge is 0.397 e. The Hall–Kier alpha value is -3.75. The van der Waals surface area contributed by atoms with Gasteiger partial charge in [-0.1, -0.05) is 45.4 Å². The minimum Gasteiger partial charge on any atom is -0.397 e. The molecule has 2 aromatic heterocycles. The van der Waals surface area contributed by atoms with E-state index in [1.165, 1.54) is 0 Å². The van der Waals surface area contributed by atoms with Gasteiger partial charge in [-0.15, -0.1) is 16.4 Å². The Bertz CT molecular complexity index is 1410. The lowest BCUT2D eigenvalue weighted by Crippen LogP contribution is -2.13. The Morgan fingerprint density at radius 3 is 2.45 bits per heavy atom. The number of nitrogens with zero attached hydrogens (tertiary/aromatic N) is 3. The van der Waals surface area contributed by atoms with Gasteiger partial charge in [0.2, 0.25) is 0 Å². The van der Waals surface area contributed by atoms with Gasteiger partial charge in [-0.3, -0.25) is 4.79 Å². The number of nitrogen functional groups attached to an aromatic ring is 1. The summed E-state index contributed by atoms with van der Waals surface area (Å²) in [6, 6.07) is 24.7. The molecule has 0 aliphatic carbocycles. The van der Waals surface area contributed by atoms with Crippen molar-refractivity contribution in [1.29, 1.82) is 0 Å². The van der Waals surface area contributed by atoms with E-state index >= 15 is 0 Å². The Balaban J connectivity index is 1.32. The number of rotatable bonds is 5. The molecule has 3 N–H and O–H groups in total. The van der Waals surface area contributed by atoms with E-state index in [0.717, 1.165) is 31.9 Å². The van der Waals surface area contributed by atoms with Crippen molar-refractivity contribution in [3.05, 3.63) is 100 Å². The van der Waals surface area contributed by atoms with Crippen molar-refractivity contribution in [2.45, 2.75) is 0 Å². The van der Waals surface area contributed by atoms with Crippen LogP contribution in [0.5, 0.6) is 0 Å². The van der Waals surface area contributed by atoms with E-state index in [9.17, 15) is 4.79 Å². The Kier molecular flexibility index (Phi) is 5.77. The highest BCUT2D eigenvalue weighted by Gasteiger charge is 2.12. The van der Waals surface area contributed by atoms with Gasteiger partial charge in [0.05, 0.1) is 23.3 Å². The fourth-order valence-corrected chi connectivity index (χ4v) is 4.35. The van der Waals surface area contributed by atoms with Crippen molar-refractivity contribution in [1.82, 2.24) is 15.0 Å². The van der Waals surface area contributed by atoms with E-state index in [0.29, 0.717) is 16.9 Å².